The Hall–Kier alpha value is -1.19. The van der Waals surface area contributed by atoms with Crippen LogP contribution in [0.5, 0.6) is 0 Å². The van der Waals surface area contributed by atoms with E-state index < -0.39 is 0 Å². The fourth-order valence-corrected chi connectivity index (χ4v) is 3.45. The van der Waals surface area contributed by atoms with Crippen molar-refractivity contribution in [3.05, 3.63) is 35.9 Å². The lowest BCUT2D eigenvalue weighted by Gasteiger charge is -2.43. The van der Waals surface area contributed by atoms with Gasteiger partial charge in [0.05, 0.1) is 5.60 Å². The molecule has 0 bridgehead atoms. The number of rotatable bonds is 3. The van der Waals surface area contributed by atoms with Crippen molar-refractivity contribution < 1.29 is 9.53 Å². The van der Waals surface area contributed by atoms with Crippen molar-refractivity contribution in [3.63, 3.8) is 0 Å². The van der Waals surface area contributed by atoms with E-state index in [1.165, 1.54) is 18.4 Å². The first-order valence-corrected chi connectivity index (χ1v) is 7.19. The molecule has 0 amide bonds. The Labute approximate surface area is 114 Å². The zero-order valence-corrected chi connectivity index (χ0v) is 11.3. The number of aldehydes is 1. The summed E-state index contributed by atoms with van der Waals surface area (Å²) in [5, 5.41) is 0. The Morgan fingerprint density at radius 3 is 2.68 bits per heavy atom. The summed E-state index contributed by atoms with van der Waals surface area (Å²) in [5.74, 6) is 0. The molecule has 3 heteroatoms. The molecule has 2 fully saturated rings. The highest BCUT2D eigenvalue weighted by molar-refractivity contribution is 5.56. The third-order valence-corrected chi connectivity index (χ3v) is 4.27. The quantitative estimate of drug-likeness (QED) is 0.781. The highest BCUT2D eigenvalue weighted by Crippen LogP contribution is 2.37. The third-order valence-electron chi connectivity index (χ3n) is 4.27. The maximum absolute atomic E-state index is 11.1. The molecule has 3 nitrogen and oxygen atoms in total. The van der Waals surface area contributed by atoms with Gasteiger partial charge in [0.25, 0.3) is 0 Å². The Morgan fingerprint density at radius 2 is 2.00 bits per heavy atom. The largest absolute Gasteiger partial charge is 0.362 e. The minimum absolute atomic E-state index is 0.0569. The molecule has 0 aromatic heterocycles. The highest BCUT2D eigenvalue weighted by atomic mass is 16.5. The van der Waals surface area contributed by atoms with Crippen LogP contribution in [0, 0.1) is 0 Å². The maximum Gasteiger partial charge on any atom is 0.150 e. The van der Waals surface area contributed by atoms with Crippen molar-refractivity contribution in [1.29, 1.82) is 0 Å². The zero-order chi connectivity index (χ0) is 13.1. The van der Waals surface area contributed by atoms with E-state index in [9.17, 15) is 4.79 Å². The van der Waals surface area contributed by atoms with E-state index in [4.69, 9.17) is 4.74 Å². The molecule has 0 N–H and O–H groups in total. The number of hydrogen-bond acceptors (Lipinski definition) is 3. The first-order chi connectivity index (χ1) is 9.30. The van der Waals surface area contributed by atoms with E-state index in [1.54, 1.807) is 0 Å². The first kappa shape index (κ1) is 12.8. The Kier molecular flexibility index (Phi) is 3.67. The summed E-state index contributed by atoms with van der Waals surface area (Å²) < 4.78 is 6.04. The van der Waals surface area contributed by atoms with Crippen molar-refractivity contribution in [2.75, 3.05) is 13.1 Å². The summed E-state index contributed by atoms with van der Waals surface area (Å²) in [6, 6.07) is 10.5. The molecule has 3 rings (SSSR count). The molecule has 1 aromatic carbocycles. The van der Waals surface area contributed by atoms with Gasteiger partial charge in [0.1, 0.15) is 12.4 Å². The van der Waals surface area contributed by atoms with Crippen molar-refractivity contribution in [2.24, 2.45) is 0 Å². The number of carbonyl (C=O) groups excluding carboxylic acids is 1. The lowest BCUT2D eigenvalue weighted by atomic mass is 9.98. The van der Waals surface area contributed by atoms with E-state index in [0.717, 1.165) is 38.8 Å². The van der Waals surface area contributed by atoms with Gasteiger partial charge in [-0.15, -0.1) is 0 Å². The third kappa shape index (κ3) is 2.88. The van der Waals surface area contributed by atoms with E-state index in [0.29, 0.717) is 0 Å². The number of nitrogens with zero attached hydrogens (tertiary/aromatic N) is 1. The Balaban J connectivity index is 1.72. The van der Waals surface area contributed by atoms with Gasteiger partial charge in [0, 0.05) is 19.6 Å². The number of ether oxygens (including phenoxy) is 1. The molecular formula is C16H21NO2. The lowest BCUT2D eigenvalue weighted by Crippen LogP contribution is -2.54. The molecule has 1 saturated carbocycles. The monoisotopic (exact) mass is 259 g/mol. The van der Waals surface area contributed by atoms with Crippen LogP contribution >= 0.6 is 0 Å². The molecule has 1 aromatic rings. The smallest absolute Gasteiger partial charge is 0.150 e. The summed E-state index contributed by atoms with van der Waals surface area (Å²) >= 11 is 0. The second kappa shape index (κ2) is 5.43. The van der Waals surface area contributed by atoms with Crippen LogP contribution in [0.25, 0.3) is 0 Å². The zero-order valence-electron chi connectivity index (χ0n) is 11.3. The Bertz CT molecular complexity index is 426. The molecule has 0 radical (unpaired) electrons. The SMILES string of the molecule is O=CC1CN(Cc2ccccc2)CC2(CCCC2)O1. The number of hydrogen-bond donors (Lipinski definition) is 0. The average molecular weight is 259 g/mol. The number of carbonyl (C=O) groups is 1. The number of morpholine rings is 1. The standard InChI is InChI=1S/C16H21NO2/c18-12-15-11-17(10-14-6-2-1-3-7-14)13-16(19-15)8-4-5-9-16/h1-3,6-7,12,15H,4-5,8-11,13H2. The summed E-state index contributed by atoms with van der Waals surface area (Å²) in [4.78, 5) is 13.5. The molecule has 1 saturated heterocycles. The Morgan fingerprint density at radius 1 is 1.26 bits per heavy atom. The number of benzene rings is 1. The van der Waals surface area contributed by atoms with Gasteiger partial charge in [0.2, 0.25) is 0 Å². The lowest BCUT2D eigenvalue weighted by molar-refractivity contribution is -0.160. The molecule has 102 valence electrons. The van der Waals surface area contributed by atoms with Crippen LogP contribution in [0.1, 0.15) is 31.2 Å². The minimum atomic E-state index is -0.254. The van der Waals surface area contributed by atoms with Gasteiger partial charge in [0.15, 0.2) is 0 Å². The minimum Gasteiger partial charge on any atom is -0.362 e. The van der Waals surface area contributed by atoms with E-state index >= 15 is 0 Å². The van der Waals surface area contributed by atoms with Gasteiger partial charge in [-0.1, -0.05) is 43.2 Å². The summed E-state index contributed by atoms with van der Waals surface area (Å²) in [7, 11) is 0. The molecule has 1 heterocycles. The molecule has 19 heavy (non-hydrogen) atoms. The van der Waals surface area contributed by atoms with Gasteiger partial charge in [-0.25, -0.2) is 0 Å². The van der Waals surface area contributed by atoms with E-state index in [-0.39, 0.29) is 11.7 Å². The van der Waals surface area contributed by atoms with Crippen LogP contribution in [-0.2, 0) is 16.1 Å². The second-order valence-corrected chi connectivity index (χ2v) is 5.84. The van der Waals surface area contributed by atoms with Crippen molar-refractivity contribution in [1.82, 2.24) is 4.90 Å². The van der Waals surface area contributed by atoms with E-state index in [2.05, 4.69) is 29.2 Å². The fraction of sp³-hybridized carbons (Fsp3) is 0.562. The highest BCUT2D eigenvalue weighted by Gasteiger charge is 2.42. The van der Waals surface area contributed by atoms with Gasteiger partial charge in [-0.05, 0) is 18.4 Å². The van der Waals surface area contributed by atoms with E-state index in [1.807, 2.05) is 6.07 Å². The van der Waals surface area contributed by atoms with Crippen LogP contribution in [0.3, 0.4) is 0 Å². The topological polar surface area (TPSA) is 29.5 Å². The molecule has 1 atom stereocenters. The first-order valence-electron chi connectivity index (χ1n) is 7.19. The average Bonchev–Trinajstić information content (AvgIpc) is 2.87. The van der Waals surface area contributed by atoms with Gasteiger partial charge in [-0.2, -0.15) is 0 Å². The molecule has 1 aliphatic carbocycles. The summed E-state index contributed by atoms with van der Waals surface area (Å²) in [6.45, 7) is 2.60. The predicted octanol–water partition coefficient (Wildman–Crippen LogP) is 2.40. The second-order valence-electron chi connectivity index (χ2n) is 5.84. The maximum atomic E-state index is 11.1. The van der Waals surface area contributed by atoms with Gasteiger partial charge < -0.3 is 9.53 Å². The van der Waals surface area contributed by atoms with Crippen LogP contribution in [0.15, 0.2) is 30.3 Å². The van der Waals surface area contributed by atoms with Crippen LogP contribution in [-0.4, -0.2) is 36.0 Å². The van der Waals surface area contributed by atoms with Crippen molar-refractivity contribution in [2.45, 2.75) is 43.9 Å². The molecule has 1 spiro atoms. The van der Waals surface area contributed by atoms with Crippen LogP contribution < -0.4 is 0 Å². The van der Waals surface area contributed by atoms with Crippen LogP contribution in [0.4, 0.5) is 0 Å². The predicted molar refractivity (Wildman–Crippen MR) is 73.9 cm³/mol. The fourth-order valence-electron chi connectivity index (χ4n) is 3.45. The summed E-state index contributed by atoms with van der Waals surface area (Å²) in [5.41, 5.74) is 1.25. The summed E-state index contributed by atoms with van der Waals surface area (Å²) in [6.07, 6.45) is 5.37. The van der Waals surface area contributed by atoms with Crippen molar-refractivity contribution in [3.8, 4) is 0 Å². The van der Waals surface area contributed by atoms with Gasteiger partial charge >= 0.3 is 0 Å². The normalized spacial score (nSPS) is 26.6. The van der Waals surface area contributed by atoms with Gasteiger partial charge in [-0.3, -0.25) is 4.90 Å². The molecule has 1 aliphatic heterocycles. The molecule has 2 aliphatic rings. The van der Waals surface area contributed by atoms with Crippen molar-refractivity contribution >= 4 is 6.29 Å². The molecule has 1 unspecified atom stereocenters. The molecular weight excluding hydrogens is 238 g/mol. The van der Waals surface area contributed by atoms with Crippen LogP contribution in [0.2, 0.25) is 0 Å².